The molecule has 0 radical (unpaired) electrons. The van der Waals surface area contributed by atoms with Gasteiger partial charge in [0.1, 0.15) is 11.9 Å². The van der Waals surface area contributed by atoms with E-state index >= 15 is 0 Å². The number of rotatable bonds is 4. The molecule has 2 unspecified atom stereocenters. The zero-order valence-electron chi connectivity index (χ0n) is 15.5. The van der Waals surface area contributed by atoms with Gasteiger partial charge in [0.15, 0.2) is 11.5 Å². The van der Waals surface area contributed by atoms with Crippen LogP contribution in [0.15, 0.2) is 42.7 Å². The van der Waals surface area contributed by atoms with Crippen LogP contribution in [0.5, 0.6) is 17.2 Å². The van der Waals surface area contributed by atoms with Gasteiger partial charge in [0.05, 0.1) is 6.20 Å². The van der Waals surface area contributed by atoms with Crippen molar-refractivity contribution in [3.8, 4) is 17.2 Å². The number of amides is 2. The first kappa shape index (κ1) is 17.2. The van der Waals surface area contributed by atoms with Crippen molar-refractivity contribution in [2.45, 2.75) is 50.4 Å². The van der Waals surface area contributed by atoms with Crippen LogP contribution in [0, 0.1) is 0 Å². The molecular weight excluding hydrogens is 358 g/mol. The average molecular weight is 381 g/mol. The monoisotopic (exact) mass is 381 g/mol. The van der Waals surface area contributed by atoms with Gasteiger partial charge >= 0.3 is 6.03 Å². The third-order valence-electron chi connectivity index (χ3n) is 5.74. The van der Waals surface area contributed by atoms with Crippen LogP contribution < -0.4 is 19.5 Å². The number of carbonyl (C=O) groups excluding carboxylic acids is 1. The van der Waals surface area contributed by atoms with E-state index in [1.807, 2.05) is 35.2 Å². The van der Waals surface area contributed by atoms with E-state index in [2.05, 4.69) is 10.3 Å². The Hall–Kier alpha value is -2.96. The summed E-state index contributed by atoms with van der Waals surface area (Å²) in [7, 11) is 0. The Morgan fingerprint density at radius 1 is 1.18 bits per heavy atom. The number of nitrogens with zero attached hydrogens (tertiary/aromatic N) is 2. The maximum absolute atomic E-state index is 12.8. The number of fused-ring (bicyclic) bond motifs is 3. The predicted octanol–water partition coefficient (Wildman–Crippen LogP) is 3.09. The van der Waals surface area contributed by atoms with Crippen molar-refractivity contribution in [2.75, 3.05) is 6.79 Å². The highest BCUT2D eigenvalue weighted by atomic mass is 16.7. The zero-order valence-corrected chi connectivity index (χ0v) is 15.5. The van der Waals surface area contributed by atoms with Crippen molar-refractivity contribution in [1.29, 1.82) is 0 Å². The van der Waals surface area contributed by atoms with E-state index in [4.69, 9.17) is 14.2 Å². The fraction of sp³-hybridized carbons (Fsp3) is 0.429. The first-order valence-electron chi connectivity index (χ1n) is 9.77. The summed E-state index contributed by atoms with van der Waals surface area (Å²) >= 11 is 0. The van der Waals surface area contributed by atoms with Crippen LogP contribution in [-0.4, -0.2) is 40.9 Å². The highest BCUT2D eigenvalue weighted by Crippen LogP contribution is 2.37. The van der Waals surface area contributed by atoms with Crippen molar-refractivity contribution in [2.24, 2.45) is 0 Å². The summed E-state index contributed by atoms with van der Waals surface area (Å²) in [4.78, 5) is 19.0. The second-order valence-corrected chi connectivity index (χ2v) is 7.54. The van der Waals surface area contributed by atoms with E-state index in [1.54, 1.807) is 12.4 Å². The Morgan fingerprint density at radius 3 is 2.79 bits per heavy atom. The number of aromatic nitrogens is 1. The van der Waals surface area contributed by atoms with Crippen LogP contribution in [0.3, 0.4) is 0 Å². The van der Waals surface area contributed by atoms with E-state index in [-0.39, 0.29) is 31.0 Å². The average Bonchev–Trinajstić information content (AvgIpc) is 3.29. The number of hydrogen-bond donors (Lipinski definition) is 1. The number of ether oxygens (including phenoxy) is 3. The van der Waals surface area contributed by atoms with Crippen LogP contribution in [0.4, 0.5) is 4.79 Å². The minimum Gasteiger partial charge on any atom is -0.489 e. The maximum atomic E-state index is 12.8. The predicted molar refractivity (Wildman–Crippen MR) is 101 cm³/mol. The highest BCUT2D eigenvalue weighted by molar-refractivity contribution is 5.75. The number of carbonyl (C=O) groups is 1. The first-order chi connectivity index (χ1) is 13.8. The van der Waals surface area contributed by atoms with Crippen molar-refractivity contribution >= 4 is 6.03 Å². The molecule has 1 N–H and O–H groups in total. The lowest BCUT2D eigenvalue weighted by molar-refractivity contribution is 0.0684. The number of pyridine rings is 1. The SMILES string of the molecule is O=C(NCc1ccc2c(c1)OCO2)N1C2CCC1CC(Oc1cccnc1)C2. The number of hydrogen-bond acceptors (Lipinski definition) is 5. The van der Waals surface area contributed by atoms with Crippen molar-refractivity contribution in [3.63, 3.8) is 0 Å². The standard InChI is InChI=1S/C21H23N3O4/c25-21(23-11-14-3-6-19-20(8-14)27-13-26-19)24-15-4-5-16(24)10-18(9-15)28-17-2-1-7-22-12-17/h1-3,6-8,12,15-16,18H,4-5,9-11,13H2,(H,23,25). The van der Waals surface area contributed by atoms with E-state index in [0.717, 1.165) is 48.5 Å². The van der Waals surface area contributed by atoms with Gasteiger partial charge in [-0.15, -0.1) is 0 Å². The maximum Gasteiger partial charge on any atom is 0.318 e. The molecule has 2 amide bonds. The molecule has 1 aromatic carbocycles. The van der Waals surface area contributed by atoms with Gasteiger partial charge in [-0.25, -0.2) is 4.79 Å². The van der Waals surface area contributed by atoms with Gasteiger partial charge in [-0.2, -0.15) is 0 Å². The molecule has 3 aliphatic rings. The van der Waals surface area contributed by atoms with Crippen LogP contribution in [0.1, 0.15) is 31.2 Å². The summed E-state index contributed by atoms with van der Waals surface area (Å²) in [5.41, 5.74) is 1.000. The molecule has 2 bridgehead atoms. The second-order valence-electron chi connectivity index (χ2n) is 7.54. The summed E-state index contributed by atoms with van der Waals surface area (Å²) < 4.78 is 16.8. The van der Waals surface area contributed by atoms with E-state index < -0.39 is 0 Å². The summed E-state index contributed by atoms with van der Waals surface area (Å²) in [6, 6.07) is 10.0. The summed E-state index contributed by atoms with van der Waals surface area (Å²) in [5.74, 6) is 2.29. The fourth-order valence-electron chi connectivity index (χ4n) is 4.48. The molecule has 146 valence electrons. The van der Waals surface area contributed by atoms with Crippen molar-refractivity contribution < 1.29 is 19.0 Å². The van der Waals surface area contributed by atoms with Crippen molar-refractivity contribution in [3.05, 3.63) is 48.3 Å². The van der Waals surface area contributed by atoms with Gasteiger partial charge in [-0.05, 0) is 42.7 Å². The normalized spacial score (nSPS) is 24.9. The van der Waals surface area contributed by atoms with E-state index in [1.165, 1.54) is 0 Å². The molecule has 0 saturated carbocycles. The Balaban J connectivity index is 1.18. The summed E-state index contributed by atoms with van der Waals surface area (Å²) in [6.07, 6.45) is 7.42. The second kappa shape index (κ2) is 7.22. The zero-order chi connectivity index (χ0) is 18.9. The molecule has 3 aliphatic heterocycles. The molecule has 28 heavy (non-hydrogen) atoms. The molecule has 7 nitrogen and oxygen atoms in total. The summed E-state index contributed by atoms with van der Waals surface area (Å²) in [6.45, 7) is 0.728. The molecule has 2 saturated heterocycles. The molecule has 7 heteroatoms. The number of urea groups is 1. The van der Waals surface area contributed by atoms with Gasteiger partial charge in [0, 0.05) is 37.7 Å². The van der Waals surface area contributed by atoms with Crippen LogP contribution in [0.2, 0.25) is 0 Å². The lowest BCUT2D eigenvalue weighted by Gasteiger charge is -2.38. The quantitative estimate of drug-likeness (QED) is 0.881. The van der Waals surface area contributed by atoms with Crippen LogP contribution in [-0.2, 0) is 6.54 Å². The molecule has 0 aliphatic carbocycles. The smallest absolute Gasteiger partial charge is 0.318 e. The molecule has 5 rings (SSSR count). The van der Waals surface area contributed by atoms with Gasteiger partial charge in [0.25, 0.3) is 0 Å². The van der Waals surface area contributed by atoms with Gasteiger partial charge < -0.3 is 24.4 Å². The molecule has 1 aromatic heterocycles. The minimum absolute atomic E-state index is 0.00462. The number of piperidine rings is 1. The van der Waals surface area contributed by atoms with Crippen LogP contribution in [0.25, 0.3) is 0 Å². The highest BCUT2D eigenvalue weighted by Gasteiger charge is 2.44. The molecule has 2 atom stereocenters. The summed E-state index contributed by atoms with van der Waals surface area (Å²) in [5, 5.41) is 3.07. The fourth-order valence-corrected chi connectivity index (χ4v) is 4.48. The van der Waals surface area contributed by atoms with Crippen LogP contribution >= 0.6 is 0 Å². The Bertz CT molecular complexity index is 846. The number of nitrogens with one attached hydrogen (secondary N) is 1. The third-order valence-corrected chi connectivity index (χ3v) is 5.74. The molecule has 0 spiro atoms. The van der Waals surface area contributed by atoms with Crippen molar-refractivity contribution in [1.82, 2.24) is 15.2 Å². The molecule has 4 heterocycles. The Kier molecular flexibility index (Phi) is 4.43. The topological polar surface area (TPSA) is 72.9 Å². The van der Waals surface area contributed by atoms with Gasteiger partial charge in [-0.1, -0.05) is 6.07 Å². The molecular formula is C21H23N3O4. The van der Waals surface area contributed by atoms with Gasteiger partial charge in [-0.3, -0.25) is 4.98 Å². The number of benzene rings is 1. The van der Waals surface area contributed by atoms with E-state index in [9.17, 15) is 4.79 Å². The molecule has 2 aromatic rings. The Labute approximate surface area is 163 Å². The Morgan fingerprint density at radius 2 is 2.00 bits per heavy atom. The van der Waals surface area contributed by atoms with Gasteiger partial charge in [0.2, 0.25) is 6.79 Å². The minimum atomic E-state index is 0.00462. The van der Waals surface area contributed by atoms with E-state index in [0.29, 0.717) is 6.54 Å². The lowest BCUT2D eigenvalue weighted by atomic mass is 10.00. The first-order valence-corrected chi connectivity index (χ1v) is 9.77. The third kappa shape index (κ3) is 3.32. The molecule has 2 fully saturated rings. The lowest BCUT2D eigenvalue weighted by Crippen LogP contribution is -2.52. The largest absolute Gasteiger partial charge is 0.489 e.